The molecule has 44 heavy (non-hydrogen) atoms. The minimum absolute atomic E-state index is 0.00340. The summed E-state index contributed by atoms with van der Waals surface area (Å²) in [6.07, 6.45) is 6.13. The van der Waals surface area contributed by atoms with Gasteiger partial charge in [-0.2, -0.15) is 0 Å². The van der Waals surface area contributed by atoms with Gasteiger partial charge in [-0.25, -0.2) is 8.42 Å². The lowest BCUT2D eigenvalue weighted by molar-refractivity contribution is -0.139. The molecule has 11 heteroatoms. The number of nitrogen functional groups attached to an aromatic ring is 1. The highest BCUT2D eigenvalue weighted by molar-refractivity contribution is 7.93. The number of nitrogens with two attached hydrogens (primary N) is 1. The van der Waals surface area contributed by atoms with E-state index < -0.39 is 21.7 Å². The van der Waals surface area contributed by atoms with Gasteiger partial charge >= 0.3 is 5.97 Å². The molecule has 1 fully saturated rings. The number of amidine groups is 1. The molecule has 0 unspecified atom stereocenters. The molecule has 3 aromatic rings. The van der Waals surface area contributed by atoms with Gasteiger partial charge in [0.05, 0.1) is 23.9 Å². The quantitative estimate of drug-likeness (QED) is 0.143. The van der Waals surface area contributed by atoms with Gasteiger partial charge in [-0.15, -0.1) is 0 Å². The fraction of sp³-hybridized carbons (Fsp3) is 0.333. The molecule has 0 aromatic heterocycles. The highest BCUT2D eigenvalue weighted by atomic mass is 35.5. The second kappa shape index (κ2) is 15.7. The number of rotatable bonds is 14. The van der Waals surface area contributed by atoms with Crippen molar-refractivity contribution in [2.75, 3.05) is 42.8 Å². The SMILES string of the molecule is CCOC(=O)CS(=O)(=O)N(CC=Cc1cccc(C(=N)N)c1)c1ccc(OC2CCN(CCc3ccccc3)CC2)c(Cl)c1. The van der Waals surface area contributed by atoms with Crippen molar-refractivity contribution in [1.82, 2.24) is 4.90 Å². The predicted molar refractivity (Wildman–Crippen MR) is 176 cm³/mol. The van der Waals surface area contributed by atoms with Crippen LogP contribution < -0.4 is 14.8 Å². The van der Waals surface area contributed by atoms with Crippen LogP contribution in [0.3, 0.4) is 0 Å². The lowest BCUT2D eigenvalue weighted by Gasteiger charge is -2.32. The van der Waals surface area contributed by atoms with Crippen LogP contribution in [-0.4, -0.2) is 69.8 Å². The lowest BCUT2D eigenvalue weighted by Crippen LogP contribution is -2.39. The van der Waals surface area contributed by atoms with E-state index in [4.69, 9.17) is 32.2 Å². The molecule has 4 rings (SSSR count). The number of halogens is 1. The molecule has 0 aliphatic carbocycles. The Balaban J connectivity index is 1.43. The van der Waals surface area contributed by atoms with Crippen LogP contribution in [0.25, 0.3) is 6.08 Å². The Hall–Kier alpha value is -3.86. The number of nitrogens with one attached hydrogen (secondary N) is 1. The summed E-state index contributed by atoms with van der Waals surface area (Å²) in [4.78, 5) is 14.6. The molecule has 1 heterocycles. The number of piperidine rings is 1. The number of likely N-dealkylation sites (tertiary alicyclic amines) is 1. The number of esters is 1. The summed E-state index contributed by atoms with van der Waals surface area (Å²) in [5.74, 6) is -1.23. The third-order valence-corrected chi connectivity index (χ3v) is 9.24. The third kappa shape index (κ3) is 9.57. The first-order valence-electron chi connectivity index (χ1n) is 14.6. The van der Waals surface area contributed by atoms with Crippen LogP contribution in [0.5, 0.6) is 5.75 Å². The molecule has 9 nitrogen and oxygen atoms in total. The summed E-state index contributed by atoms with van der Waals surface area (Å²) in [5, 5.41) is 7.92. The fourth-order valence-corrected chi connectivity index (χ4v) is 6.51. The zero-order valence-corrected chi connectivity index (χ0v) is 26.4. The van der Waals surface area contributed by atoms with Gasteiger partial charge < -0.3 is 20.1 Å². The molecule has 0 atom stereocenters. The molecule has 3 N–H and O–H groups in total. The molecular formula is C33H39ClN4O5S. The molecule has 0 spiro atoms. The van der Waals surface area contributed by atoms with Gasteiger partial charge in [0.15, 0.2) is 5.75 Å². The Bertz CT molecular complexity index is 1560. The average molecular weight is 639 g/mol. The van der Waals surface area contributed by atoms with Crippen molar-refractivity contribution in [3.8, 4) is 5.75 Å². The second-order valence-electron chi connectivity index (χ2n) is 10.5. The van der Waals surface area contributed by atoms with Gasteiger partial charge in [0, 0.05) is 25.2 Å². The zero-order valence-electron chi connectivity index (χ0n) is 24.8. The number of nitrogens with zero attached hydrogens (tertiary/aromatic N) is 2. The second-order valence-corrected chi connectivity index (χ2v) is 12.8. The van der Waals surface area contributed by atoms with Crippen LogP contribution in [0.4, 0.5) is 5.69 Å². The largest absolute Gasteiger partial charge is 0.489 e. The minimum Gasteiger partial charge on any atom is -0.489 e. The normalized spacial score (nSPS) is 14.4. The van der Waals surface area contributed by atoms with Crippen LogP contribution in [0, 0.1) is 5.41 Å². The van der Waals surface area contributed by atoms with Gasteiger partial charge in [-0.1, -0.05) is 72.3 Å². The van der Waals surface area contributed by atoms with E-state index in [-0.39, 0.29) is 30.1 Å². The van der Waals surface area contributed by atoms with E-state index in [1.54, 1.807) is 55.5 Å². The molecule has 1 aliphatic heterocycles. The maximum absolute atomic E-state index is 13.4. The molecule has 0 bridgehead atoms. The van der Waals surface area contributed by atoms with Crippen LogP contribution in [0.1, 0.15) is 36.5 Å². The molecule has 0 radical (unpaired) electrons. The van der Waals surface area contributed by atoms with Gasteiger partial charge in [0.2, 0.25) is 10.0 Å². The van der Waals surface area contributed by atoms with E-state index in [9.17, 15) is 13.2 Å². The van der Waals surface area contributed by atoms with Crippen molar-refractivity contribution in [2.45, 2.75) is 32.3 Å². The Morgan fingerprint density at radius 3 is 2.52 bits per heavy atom. The van der Waals surface area contributed by atoms with Crippen molar-refractivity contribution in [3.05, 3.63) is 101 Å². The van der Waals surface area contributed by atoms with Crippen LogP contribution in [-0.2, 0) is 26.0 Å². The summed E-state index contributed by atoms with van der Waals surface area (Å²) in [5.41, 5.74) is 8.51. The molecule has 0 amide bonds. The summed E-state index contributed by atoms with van der Waals surface area (Å²) in [6, 6.07) is 22.3. The monoisotopic (exact) mass is 638 g/mol. The summed E-state index contributed by atoms with van der Waals surface area (Å²) in [6.45, 7) is 4.48. The first-order valence-corrected chi connectivity index (χ1v) is 16.6. The topological polar surface area (TPSA) is 126 Å². The molecule has 0 saturated carbocycles. The van der Waals surface area contributed by atoms with Crippen molar-refractivity contribution >= 4 is 45.2 Å². The van der Waals surface area contributed by atoms with E-state index >= 15 is 0 Å². The number of carbonyl (C=O) groups excluding carboxylic acids is 1. The van der Waals surface area contributed by atoms with Crippen molar-refractivity contribution in [1.29, 1.82) is 5.41 Å². The maximum Gasteiger partial charge on any atom is 0.323 e. The van der Waals surface area contributed by atoms with Crippen molar-refractivity contribution in [2.24, 2.45) is 5.73 Å². The summed E-state index contributed by atoms with van der Waals surface area (Å²) >= 11 is 6.62. The number of anilines is 1. The van der Waals surface area contributed by atoms with Gasteiger partial charge in [0.1, 0.15) is 17.7 Å². The van der Waals surface area contributed by atoms with Crippen LogP contribution >= 0.6 is 11.6 Å². The average Bonchev–Trinajstić information content (AvgIpc) is 3.00. The van der Waals surface area contributed by atoms with Crippen LogP contribution in [0.15, 0.2) is 78.9 Å². The first kappa shape index (κ1) is 33.0. The van der Waals surface area contributed by atoms with Crippen molar-refractivity contribution < 1.29 is 22.7 Å². The molecule has 1 saturated heterocycles. The number of carbonyl (C=O) groups is 1. The van der Waals surface area contributed by atoms with Crippen LogP contribution in [0.2, 0.25) is 5.02 Å². The fourth-order valence-electron chi connectivity index (χ4n) is 5.01. The van der Waals surface area contributed by atoms with Gasteiger partial charge in [-0.3, -0.25) is 14.5 Å². The summed E-state index contributed by atoms with van der Waals surface area (Å²) < 4.78 is 39.0. The Morgan fingerprint density at radius 2 is 1.84 bits per heavy atom. The number of sulfonamides is 1. The highest BCUT2D eigenvalue weighted by Crippen LogP contribution is 2.33. The first-order chi connectivity index (χ1) is 21.1. The Morgan fingerprint density at radius 1 is 1.09 bits per heavy atom. The molecule has 1 aliphatic rings. The van der Waals surface area contributed by atoms with E-state index in [1.165, 1.54) is 5.56 Å². The van der Waals surface area contributed by atoms with Gasteiger partial charge in [-0.05, 0) is 61.6 Å². The highest BCUT2D eigenvalue weighted by Gasteiger charge is 2.27. The number of ether oxygens (including phenoxy) is 2. The third-order valence-electron chi connectivity index (χ3n) is 7.31. The zero-order chi connectivity index (χ0) is 31.5. The van der Waals surface area contributed by atoms with Gasteiger partial charge in [0.25, 0.3) is 0 Å². The standard InChI is InChI=1S/C33H39ClN4O5S/c1-2-42-32(39)24-44(40,41)38(18-7-11-26-10-6-12-27(22-26)33(35)36)28-13-14-31(30(34)23-28)43-29-16-20-37(21-17-29)19-15-25-8-4-3-5-9-25/h3-14,22-23,29H,2,15-21,24H2,1H3,(H3,35,36). The van der Waals surface area contributed by atoms with E-state index in [1.807, 2.05) is 12.1 Å². The van der Waals surface area contributed by atoms with E-state index in [0.717, 1.165) is 48.8 Å². The van der Waals surface area contributed by atoms with E-state index in [2.05, 4.69) is 29.2 Å². The predicted octanol–water partition coefficient (Wildman–Crippen LogP) is 5.12. The molecular weight excluding hydrogens is 600 g/mol. The number of hydrogen-bond acceptors (Lipinski definition) is 7. The van der Waals surface area contributed by atoms with E-state index in [0.29, 0.717) is 17.0 Å². The summed E-state index contributed by atoms with van der Waals surface area (Å²) in [7, 11) is -4.11. The maximum atomic E-state index is 13.4. The minimum atomic E-state index is -4.11. The number of hydrogen-bond donors (Lipinski definition) is 2. The Kier molecular flexibility index (Phi) is 11.8. The lowest BCUT2D eigenvalue weighted by atomic mass is 10.1. The smallest absolute Gasteiger partial charge is 0.323 e. The molecule has 234 valence electrons. The number of benzene rings is 3. The Labute approximate surface area is 264 Å². The van der Waals surface area contributed by atoms with Crippen molar-refractivity contribution in [3.63, 3.8) is 0 Å². The molecule has 3 aromatic carbocycles.